The molecule has 0 unspecified atom stereocenters. The molecule has 0 saturated heterocycles. The number of anilines is 1. The number of carbonyl (C=O) groups excluding carboxylic acids is 1. The fraction of sp³-hybridized carbons (Fsp3) is 0.0526. The number of thiazole rings is 1. The molecule has 3 nitrogen and oxygen atoms in total. The van der Waals surface area contributed by atoms with Crippen LogP contribution in [0, 0.1) is 12.7 Å². The molecule has 3 rings (SSSR count). The lowest BCUT2D eigenvalue weighted by Gasteiger charge is -2.07. The SMILES string of the molecule is Cc1nc(-c2ccccc2NC(=O)/C=C/c2ccc(F)cc2)cs1. The van der Waals surface area contributed by atoms with E-state index in [0.717, 1.165) is 21.8 Å². The summed E-state index contributed by atoms with van der Waals surface area (Å²) in [6, 6.07) is 13.5. The number of amides is 1. The average Bonchev–Trinajstić information content (AvgIpc) is 3.01. The Kier molecular flexibility index (Phi) is 4.82. The molecule has 0 atom stereocenters. The van der Waals surface area contributed by atoms with E-state index in [0.29, 0.717) is 5.69 Å². The van der Waals surface area contributed by atoms with E-state index in [1.165, 1.54) is 18.2 Å². The van der Waals surface area contributed by atoms with Crippen molar-refractivity contribution < 1.29 is 9.18 Å². The number of para-hydroxylation sites is 1. The number of nitrogens with one attached hydrogen (secondary N) is 1. The topological polar surface area (TPSA) is 42.0 Å². The molecule has 5 heteroatoms. The van der Waals surface area contributed by atoms with Gasteiger partial charge in [-0.15, -0.1) is 11.3 Å². The number of benzene rings is 2. The van der Waals surface area contributed by atoms with E-state index in [9.17, 15) is 9.18 Å². The van der Waals surface area contributed by atoms with Gasteiger partial charge in [-0.3, -0.25) is 4.79 Å². The molecule has 1 amide bonds. The molecule has 0 aliphatic rings. The third-order valence-electron chi connectivity index (χ3n) is 3.38. The van der Waals surface area contributed by atoms with E-state index < -0.39 is 0 Å². The lowest BCUT2D eigenvalue weighted by Crippen LogP contribution is -2.08. The second kappa shape index (κ2) is 7.19. The van der Waals surface area contributed by atoms with E-state index >= 15 is 0 Å². The van der Waals surface area contributed by atoms with E-state index in [1.54, 1.807) is 29.5 Å². The van der Waals surface area contributed by atoms with Gasteiger partial charge in [-0.25, -0.2) is 9.37 Å². The summed E-state index contributed by atoms with van der Waals surface area (Å²) in [5.74, 6) is -0.553. The minimum absolute atomic E-state index is 0.251. The van der Waals surface area contributed by atoms with E-state index in [1.807, 2.05) is 36.6 Å². The molecule has 24 heavy (non-hydrogen) atoms. The first-order valence-electron chi connectivity index (χ1n) is 7.38. The lowest BCUT2D eigenvalue weighted by atomic mass is 10.1. The van der Waals surface area contributed by atoms with Gasteiger partial charge in [0.25, 0.3) is 0 Å². The highest BCUT2D eigenvalue weighted by Crippen LogP contribution is 2.28. The maximum Gasteiger partial charge on any atom is 0.248 e. The first-order chi connectivity index (χ1) is 11.6. The van der Waals surface area contributed by atoms with Gasteiger partial charge in [0.1, 0.15) is 5.82 Å². The van der Waals surface area contributed by atoms with Gasteiger partial charge in [-0.2, -0.15) is 0 Å². The second-order valence-electron chi connectivity index (χ2n) is 5.17. The smallest absolute Gasteiger partial charge is 0.248 e. The molecule has 1 heterocycles. The van der Waals surface area contributed by atoms with E-state index in [-0.39, 0.29) is 11.7 Å². The molecule has 3 aromatic rings. The van der Waals surface area contributed by atoms with Gasteiger partial charge in [0.05, 0.1) is 16.4 Å². The first-order valence-corrected chi connectivity index (χ1v) is 8.26. The lowest BCUT2D eigenvalue weighted by molar-refractivity contribution is -0.111. The van der Waals surface area contributed by atoms with Gasteiger partial charge in [-0.1, -0.05) is 30.3 Å². The number of aromatic nitrogens is 1. The highest BCUT2D eigenvalue weighted by atomic mass is 32.1. The van der Waals surface area contributed by atoms with Crippen molar-refractivity contribution >= 4 is 29.0 Å². The van der Waals surface area contributed by atoms with Gasteiger partial charge in [-0.05, 0) is 36.8 Å². The molecule has 0 aliphatic heterocycles. The van der Waals surface area contributed by atoms with Crippen LogP contribution < -0.4 is 5.32 Å². The molecule has 120 valence electrons. The summed E-state index contributed by atoms with van der Waals surface area (Å²) in [4.78, 5) is 16.6. The zero-order chi connectivity index (χ0) is 16.9. The highest BCUT2D eigenvalue weighted by Gasteiger charge is 2.09. The Morgan fingerprint density at radius 1 is 1.17 bits per heavy atom. The predicted octanol–water partition coefficient (Wildman–Crippen LogP) is 4.91. The molecular weight excluding hydrogens is 323 g/mol. The number of aryl methyl sites for hydroxylation is 1. The van der Waals surface area contributed by atoms with Crippen LogP contribution in [0.2, 0.25) is 0 Å². The van der Waals surface area contributed by atoms with E-state index in [2.05, 4.69) is 10.3 Å². The Hall–Kier alpha value is -2.79. The number of rotatable bonds is 4. The minimum atomic E-state index is -0.302. The quantitative estimate of drug-likeness (QED) is 0.687. The van der Waals surface area contributed by atoms with Gasteiger partial charge in [0, 0.05) is 17.0 Å². The molecule has 0 spiro atoms. The molecule has 0 radical (unpaired) electrons. The molecule has 2 aromatic carbocycles. The van der Waals surface area contributed by atoms with Crippen LogP contribution in [0.15, 0.2) is 60.0 Å². The van der Waals surface area contributed by atoms with Crippen LogP contribution in [0.3, 0.4) is 0 Å². The van der Waals surface area contributed by atoms with Gasteiger partial charge in [0.15, 0.2) is 0 Å². The third-order valence-corrected chi connectivity index (χ3v) is 4.15. The number of hydrogen-bond donors (Lipinski definition) is 1. The van der Waals surface area contributed by atoms with Crippen LogP contribution >= 0.6 is 11.3 Å². The summed E-state index contributed by atoms with van der Waals surface area (Å²) in [7, 11) is 0. The number of nitrogens with zero attached hydrogens (tertiary/aromatic N) is 1. The Morgan fingerprint density at radius 2 is 1.92 bits per heavy atom. The largest absolute Gasteiger partial charge is 0.322 e. The van der Waals surface area contributed by atoms with Crippen LogP contribution in [-0.2, 0) is 4.79 Å². The maximum atomic E-state index is 12.9. The van der Waals surface area contributed by atoms with Crippen LogP contribution in [0.25, 0.3) is 17.3 Å². The maximum absolute atomic E-state index is 12.9. The summed E-state index contributed by atoms with van der Waals surface area (Å²) in [5.41, 5.74) is 3.19. The molecular formula is C19H15FN2OS. The van der Waals surface area contributed by atoms with Crippen LogP contribution in [0.5, 0.6) is 0 Å². The molecule has 0 fully saturated rings. The minimum Gasteiger partial charge on any atom is -0.322 e. The Morgan fingerprint density at radius 3 is 2.62 bits per heavy atom. The standard InChI is InChI=1S/C19H15FN2OS/c1-13-21-18(12-24-13)16-4-2-3-5-17(16)22-19(23)11-8-14-6-9-15(20)10-7-14/h2-12H,1H3,(H,22,23)/b11-8+. The monoisotopic (exact) mass is 338 g/mol. The summed E-state index contributed by atoms with van der Waals surface area (Å²) < 4.78 is 12.9. The van der Waals surface area contributed by atoms with Crippen LogP contribution in [-0.4, -0.2) is 10.9 Å². The zero-order valence-electron chi connectivity index (χ0n) is 13.0. The third kappa shape index (κ3) is 3.94. The summed E-state index contributed by atoms with van der Waals surface area (Å²) in [6.45, 7) is 1.95. The highest BCUT2D eigenvalue weighted by molar-refractivity contribution is 7.09. The van der Waals surface area contributed by atoms with E-state index in [4.69, 9.17) is 0 Å². The van der Waals surface area contributed by atoms with Crippen molar-refractivity contribution in [3.63, 3.8) is 0 Å². The molecule has 1 N–H and O–H groups in total. The predicted molar refractivity (Wildman–Crippen MR) is 96.4 cm³/mol. The average molecular weight is 338 g/mol. The zero-order valence-corrected chi connectivity index (χ0v) is 13.8. The normalized spacial score (nSPS) is 10.9. The molecule has 1 aromatic heterocycles. The Balaban J connectivity index is 1.76. The molecule has 0 saturated carbocycles. The Labute approximate surface area is 143 Å². The van der Waals surface area contributed by atoms with Crippen molar-refractivity contribution in [2.75, 3.05) is 5.32 Å². The van der Waals surface area contributed by atoms with Crippen LogP contribution in [0.1, 0.15) is 10.6 Å². The molecule has 0 bridgehead atoms. The second-order valence-corrected chi connectivity index (χ2v) is 6.23. The fourth-order valence-corrected chi connectivity index (χ4v) is 2.84. The number of hydrogen-bond acceptors (Lipinski definition) is 3. The van der Waals surface area contributed by atoms with Crippen molar-refractivity contribution in [2.24, 2.45) is 0 Å². The summed E-state index contributed by atoms with van der Waals surface area (Å²) in [5, 5.41) is 5.81. The first kappa shape index (κ1) is 16.1. The summed E-state index contributed by atoms with van der Waals surface area (Å²) in [6.07, 6.45) is 3.07. The summed E-state index contributed by atoms with van der Waals surface area (Å²) >= 11 is 1.57. The van der Waals surface area contributed by atoms with Gasteiger partial charge < -0.3 is 5.32 Å². The van der Waals surface area contributed by atoms with Crippen molar-refractivity contribution in [1.29, 1.82) is 0 Å². The van der Waals surface area contributed by atoms with Gasteiger partial charge >= 0.3 is 0 Å². The van der Waals surface area contributed by atoms with Gasteiger partial charge in [0.2, 0.25) is 5.91 Å². The Bertz CT molecular complexity index is 884. The number of carbonyl (C=O) groups is 1. The van der Waals surface area contributed by atoms with Crippen molar-refractivity contribution in [3.8, 4) is 11.3 Å². The fourth-order valence-electron chi connectivity index (χ4n) is 2.22. The van der Waals surface area contributed by atoms with Crippen molar-refractivity contribution in [1.82, 2.24) is 4.98 Å². The molecule has 0 aliphatic carbocycles. The van der Waals surface area contributed by atoms with Crippen LogP contribution in [0.4, 0.5) is 10.1 Å². The van der Waals surface area contributed by atoms with Crippen molar-refractivity contribution in [3.05, 3.63) is 76.4 Å². The number of halogens is 1. The van der Waals surface area contributed by atoms with Crippen molar-refractivity contribution in [2.45, 2.75) is 6.92 Å².